The fraction of sp³-hybridized carbons (Fsp3) is 0.429. The Kier molecular flexibility index (Phi) is 4.46. The summed E-state index contributed by atoms with van der Waals surface area (Å²) in [7, 11) is 0. The molecule has 1 aliphatic rings. The first-order valence-corrected chi connectivity index (χ1v) is 7.97. The van der Waals surface area contributed by atoms with Gasteiger partial charge in [0, 0.05) is 43.8 Å². The predicted octanol–water partition coefficient (Wildman–Crippen LogP) is 1.87. The molecule has 3 heterocycles. The van der Waals surface area contributed by atoms with E-state index >= 15 is 0 Å². The number of halogens is 2. The van der Waals surface area contributed by atoms with E-state index in [1.807, 2.05) is 6.92 Å². The summed E-state index contributed by atoms with van der Waals surface area (Å²) < 4.78 is 30.8. The largest absolute Gasteiger partial charge is 0.345 e. The van der Waals surface area contributed by atoms with Crippen LogP contribution in [0.4, 0.5) is 13.9 Å². The monoisotopic (exact) mass is 339 g/mol. The second-order valence-corrected chi connectivity index (χ2v) is 5.97. The average Bonchev–Trinajstić information content (AvgIpc) is 2.80. The average molecular weight is 339 g/mol. The van der Waals surface area contributed by atoms with Crippen LogP contribution in [0.1, 0.15) is 22.7 Å². The highest BCUT2D eigenvalue weighted by atomic mass is 32.1. The molecule has 0 aliphatic carbocycles. The van der Waals surface area contributed by atoms with Crippen molar-refractivity contribution in [3.8, 4) is 0 Å². The molecule has 0 atom stereocenters. The summed E-state index contributed by atoms with van der Waals surface area (Å²) in [4.78, 5) is 23.9. The van der Waals surface area contributed by atoms with Crippen LogP contribution in [0.2, 0.25) is 0 Å². The Morgan fingerprint density at radius 3 is 2.78 bits per heavy atom. The third-order valence-corrected chi connectivity index (χ3v) is 4.45. The van der Waals surface area contributed by atoms with E-state index in [1.54, 1.807) is 0 Å². The van der Waals surface area contributed by atoms with Crippen molar-refractivity contribution in [2.24, 2.45) is 0 Å². The van der Waals surface area contributed by atoms with Crippen molar-refractivity contribution in [1.82, 2.24) is 19.2 Å². The molecule has 0 aromatic carbocycles. The zero-order chi connectivity index (χ0) is 16.4. The Hall–Kier alpha value is -2.16. The standard InChI is InChI=1S/C14H15F2N5OS/c1-9-18-14(23-19-9)21-4-2-3-20(5-6-21)13(22)12-11(16)7-10(15)8-17-12/h7-8H,2-6H2,1H3. The molecule has 6 nitrogen and oxygen atoms in total. The van der Waals surface area contributed by atoms with E-state index in [1.165, 1.54) is 16.4 Å². The van der Waals surface area contributed by atoms with Crippen LogP contribution in [0.3, 0.4) is 0 Å². The van der Waals surface area contributed by atoms with Gasteiger partial charge in [-0.05, 0) is 13.3 Å². The lowest BCUT2D eigenvalue weighted by molar-refractivity contribution is 0.0755. The number of hydrogen-bond acceptors (Lipinski definition) is 6. The minimum Gasteiger partial charge on any atom is -0.345 e. The van der Waals surface area contributed by atoms with Gasteiger partial charge in [-0.3, -0.25) is 4.79 Å². The molecule has 0 saturated carbocycles. The molecule has 0 bridgehead atoms. The topological polar surface area (TPSA) is 62.2 Å². The molecule has 3 rings (SSSR count). The maximum Gasteiger partial charge on any atom is 0.275 e. The van der Waals surface area contributed by atoms with Crippen LogP contribution in [-0.4, -0.2) is 51.3 Å². The number of rotatable bonds is 2. The second-order valence-electron chi connectivity index (χ2n) is 5.24. The van der Waals surface area contributed by atoms with Crippen LogP contribution in [0.25, 0.3) is 0 Å². The van der Waals surface area contributed by atoms with E-state index in [0.29, 0.717) is 25.7 Å². The minimum absolute atomic E-state index is 0.341. The van der Waals surface area contributed by atoms with Gasteiger partial charge in [-0.15, -0.1) is 0 Å². The summed E-state index contributed by atoms with van der Waals surface area (Å²) in [6.07, 6.45) is 1.58. The zero-order valence-corrected chi connectivity index (χ0v) is 13.3. The highest BCUT2D eigenvalue weighted by Gasteiger charge is 2.25. The third-order valence-electron chi connectivity index (χ3n) is 3.58. The van der Waals surface area contributed by atoms with Gasteiger partial charge in [0.05, 0.1) is 6.20 Å². The lowest BCUT2D eigenvalue weighted by Crippen LogP contribution is -2.36. The fourth-order valence-corrected chi connectivity index (χ4v) is 3.17. The Labute approximate surface area is 135 Å². The molecule has 1 amide bonds. The van der Waals surface area contributed by atoms with E-state index in [0.717, 1.165) is 30.1 Å². The smallest absolute Gasteiger partial charge is 0.275 e. The first kappa shape index (κ1) is 15.7. The first-order chi connectivity index (χ1) is 11.0. The van der Waals surface area contributed by atoms with Gasteiger partial charge in [0.25, 0.3) is 5.91 Å². The number of aryl methyl sites for hydroxylation is 1. The van der Waals surface area contributed by atoms with Crippen LogP contribution < -0.4 is 4.90 Å². The lowest BCUT2D eigenvalue weighted by atomic mass is 10.3. The number of pyridine rings is 1. The van der Waals surface area contributed by atoms with E-state index in [4.69, 9.17) is 0 Å². The zero-order valence-electron chi connectivity index (χ0n) is 12.5. The van der Waals surface area contributed by atoms with Gasteiger partial charge in [0.1, 0.15) is 11.6 Å². The third kappa shape index (κ3) is 3.44. The Bertz CT molecular complexity index is 723. The Balaban J connectivity index is 1.71. The molecule has 9 heteroatoms. The number of hydrogen-bond donors (Lipinski definition) is 0. The van der Waals surface area contributed by atoms with Gasteiger partial charge in [0.15, 0.2) is 11.5 Å². The summed E-state index contributed by atoms with van der Waals surface area (Å²) >= 11 is 1.32. The van der Waals surface area contributed by atoms with Crippen molar-refractivity contribution in [3.05, 3.63) is 35.4 Å². The van der Waals surface area contributed by atoms with Gasteiger partial charge in [-0.2, -0.15) is 4.37 Å². The molecule has 0 radical (unpaired) electrons. The quantitative estimate of drug-likeness (QED) is 0.836. The number of carbonyl (C=O) groups excluding carboxylic acids is 1. The molecule has 2 aromatic heterocycles. The van der Waals surface area contributed by atoms with Crippen LogP contribution in [0.15, 0.2) is 12.3 Å². The normalized spacial score (nSPS) is 15.6. The summed E-state index contributed by atoms with van der Waals surface area (Å²) in [5, 5.41) is 0.822. The molecule has 2 aromatic rings. The fourth-order valence-electron chi connectivity index (χ4n) is 2.45. The molecule has 1 saturated heterocycles. The molecule has 122 valence electrons. The van der Waals surface area contributed by atoms with E-state index < -0.39 is 17.5 Å². The first-order valence-electron chi connectivity index (χ1n) is 7.20. The van der Waals surface area contributed by atoms with Crippen molar-refractivity contribution in [3.63, 3.8) is 0 Å². The van der Waals surface area contributed by atoms with Gasteiger partial charge < -0.3 is 9.80 Å². The summed E-state index contributed by atoms with van der Waals surface area (Å²) in [6.45, 7) is 4.08. The van der Waals surface area contributed by atoms with Gasteiger partial charge >= 0.3 is 0 Å². The van der Waals surface area contributed by atoms with Crippen LogP contribution in [0, 0.1) is 18.6 Å². The molecule has 23 heavy (non-hydrogen) atoms. The molecule has 0 spiro atoms. The molecule has 0 unspecified atom stereocenters. The lowest BCUT2D eigenvalue weighted by Gasteiger charge is -2.21. The van der Waals surface area contributed by atoms with Crippen molar-refractivity contribution in [2.45, 2.75) is 13.3 Å². The second kappa shape index (κ2) is 6.53. The predicted molar refractivity (Wildman–Crippen MR) is 81.5 cm³/mol. The summed E-state index contributed by atoms with van der Waals surface area (Å²) in [6, 6.07) is 0.675. The van der Waals surface area contributed by atoms with E-state index in [2.05, 4.69) is 19.2 Å². The maximum atomic E-state index is 13.7. The van der Waals surface area contributed by atoms with Crippen LogP contribution >= 0.6 is 11.5 Å². The Morgan fingerprint density at radius 1 is 1.26 bits per heavy atom. The van der Waals surface area contributed by atoms with Gasteiger partial charge in [0.2, 0.25) is 5.13 Å². The highest BCUT2D eigenvalue weighted by molar-refractivity contribution is 7.09. The molecular weight excluding hydrogens is 324 g/mol. The SMILES string of the molecule is Cc1nsc(N2CCCN(C(=O)c3ncc(F)cc3F)CC2)n1. The van der Waals surface area contributed by atoms with E-state index in [9.17, 15) is 13.6 Å². The van der Waals surface area contributed by atoms with Gasteiger partial charge in [-0.1, -0.05) is 0 Å². The van der Waals surface area contributed by atoms with Crippen molar-refractivity contribution < 1.29 is 13.6 Å². The number of aromatic nitrogens is 3. The number of anilines is 1. The van der Waals surface area contributed by atoms with Crippen LogP contribution in [0.5, 0.6) is 0 Å². The molecular formula is C14H15F2N5OS. The highest BCUT2D eigenvalue weighted by Crippen LogP contribution is 2.19. The summed E-state index contributed by atoms with van der Waals surface area (Å²) in [5.74, 6) is -1.53. The van der Waals surface area contributed by atoms with Crippen LogP contribution in [-0.2, 0) is 0 Å². The number of nitrogens with zero attached hydrogens (tertiary/aromatic N) is 5. The molecule has 1 fully saturated rings. The molecule has 0 N–H and O–H groups in total. The van der Waals surface area contributed by atoms with E-state index in [-0.39, 0.29) is 5.69 Å². The van der Waals surface area contributed by atoms with Crippen molar-refractivity contribution in [1.29, 1.82) is 0 Å². The number of carbonyl (C=O) groups is 1. The van der Waals surface area contributed by atoms with Crippen molar-refractivity contribution in [2.75, 3.05) is 31.1 Å². The molecule has 1 aliphatic heterocycles. The number of amides is 1. The van der Waals surface area contributed by atoms with Gasteiger partial charge in [-0.25, -0.2) is 18.7 Å². The van der Waals surface area contributed by atoms with Crippen molar-refractivity contribution >= 4 is 22.6 Å². The summed E-state index contributed by atoms with van der Waals surface area (Å²) in [5.41, 5.74) is -0.341. The maximum absolute atomic E-state index is 13.7. The Morgan fingerprint density at radius 2 is 2.09 bits per heavy atom. The minimum atomic E-state index is -0.934.